The lowest BCUT2D eigenvalue weighted by Crippen LogP contribution is -2.26. The van der Waals surface area contributed by atoms with E-state index in [4.69, 9.17) is 14.9 Å². The van der Waals surface area contributed by atoms with E-state index in [0.717, 1.165) is 12.8 Å². The van der Waals surface area contributed by atoms with Gasteiger partial charge in [0.05, 0.1) is 17.9 Å². The van der Waals surface area contributed by atoms with Gasteiger partial charge in [-0.2, -0.15) is 0 Å². The number of hydrogen-bond donors (Lipinski definition) is 2. The maximum Gasteiger partial charge on any atom is 0.333 e. The van der Waals surface area contributed by atoms with E-state index in [1.807, 2.05) is 13.8 Å². The van der Waals surface area contributed by atoms with Crippen LogP contribution in [-0.2, 0) is 19.1 Å². The van der Waals surface area contributed by atoms with E-state index < -0.39 is 23.8 Å². The maximum absolute atomic E-state index is 11.5. The molecule has 2 rings (SSSR count). The van der Waals surface area contributed by atoms with Crippen LogP contribution in [-0.4, -0.2) is 34.2 Å². The molecule has 2 unspecified atom stereocenters. The topological polar surface area (TPSA) is 101 Å². The summed E-state index contributed by atoms with van der Waals surface area (Å²) in [6.45, 7) is 7.59. The number of aliphatic carboxylic acids is 2. The quantitative estimate of drug-likeness (QED) is 0.561. The summed E-state index contributed by atoms with van der Waals surface area (Å²) >= 11 is 0. The minimum absolute atomic E-state index is 0.0390. The molecule has 0 aromatic carbocycles. The Labute approximate surface area is 155 Å². The van der Waals surface area contributed by atoms with E-state index in [9.17, 15) is 14.4 Å². The van der Waals surface area contributed by atoms with Gasteiger partial charge in [0.15, 0.2) is 0 Å². The summed E-state index contributed by atoms with van der Waals surface area (Å²) in [4.78, 5) is 32.6. The van der Waals surface area contributed by atoms with Crippen LogP contribution in [0, 0.1) is 17.8 Å². The van der Waals surface area contributed by atoms with Gasteiger partial charge in [-0.15, -0.1) is 0 Å². The first-order chi connectivity index (χ1) is 12.2. The van der Waals surface area contributed by atoms with Crippen molar-refractivity contribution in [2.45, 2.75) is 77.7 Å². The molecule has 0 aliphatic heterocycles. The van der Waals surface area contributed by atoms with E-state index in [1.165, 1.54) is 19.3 Å². The molecule has 26 heavy (non-hydrogen) atoms. The molecule has 0 spiro atoms. The molecular weight excluding hydrogens is 336 g/mol. The van der Waals surface area contributed by atoms with Gasteiger partial charge in [-0.05, 0) is 51.9 Å². The lowest BCUT2D eigenvalue weighted by molar-refractivity contribution is -0.148. The van der Waals surface area contributed by atoms with Crippen molar-refractivity contribution in [3.63, 3.8) is 0 Å². The second-order valence-corrected chi connectivity index (χ2v) is 7.55. The van der Waals surface area contributed by atoms with Crippen molar-refractivity contribution in [1.82, 2.24) is 0 Å². The number of carbonyl (C=O) groups excluding carboxylic acids is 1. The van der Waals surface area contributed by atoms with Gasteiger partial charge in [0.1, 0.15) is 0 Å². The molecule has 0 amide bonds. The fourth-order valence-electron chi connectivity index (χ4n) is 3.55. The molecule has 6 nitrogen and oxygen atoms in total. The van der Waals surface area contributed by atoms with Gasteiger partial charge in [-0.3, -0.25) is 9.59 Å². The predicted octanol–water partition coefficient (Wildman–Crippen LogP) is 4.04. The van der Waals surface area contributed by atoms with E-state index >= 15 is 0 Å². The van der Waals surface area contributed by atoms with Crippen LogP contribution in [0.1, 0.15) is 71.6 Å². The molecule has 0 radical (unpaired) electrons. The van der Waals surface area contributed by atoms with Gasteiger partial charge in [-0.25, -0.2) is 4.79 Å². The van der Waals surface area contributed by atoms with E-state index in [0.29, 0.717) is 37.2 Å². The second-order valence-electron chi connectivity index (χ2n) is 7.55. The average molecular weight is 368 g/mol. The molecule has 0 saturated heterocycles. The molecule has 0 aromatic heterocycles. The van der Waals surface area contributed by atoms with Crippen LogP contribution in [0.2, 0.25) is 0 Å². The highest BCUT2D eigenvalue weighted by Crippen LogP contribution is 2.30. The molecule has 148 valence electrons. The Balaban J connectivity index is 0.000000263. The summed E-state index contributed by atoms with van der Waals surface area (Å²) in [5.74, 6) is -2.44. The van der Waals surface area contributed by atoms with Crippen molar-refractivity contribution in [1.29, 1.82) is 0 Å². The summed E-state index contributed by atoms with van der Waals surface area (Å²) < 4.78 is 5.13. The summed E-state index contributed by atoms with van der Waals surface area (Å²) in [6, 6.07) is 0. The Kier molecular flexibility index (Phi) is 9.38. The highest BCUT2D eigenvalue weighted by Gasteiger charge is 2.30. The highest BCUT2D eigenvalue weighted by molar-refractivity contribution is 5.88. The first-order valence-corrected chi connectivity index (χ1v) is 9.57. The number of hydrogen-bond acceptors (Lipinski definition) is 4. The summed E-state index contributed by atoms with van der Waals surface area (Å²) in [5, 5.41) is 17.3. The van der Waals surface area contributed by atoms with E-state index in [1.54, 1.807) is 0 Å². The third-order valence-electron chi connectivity index (χ3n) is 5.08. The molecule has 0 bridgehead atoms. The summed E-state index contributed by atoms with van der Waals surface area (Å²) in [5.41, 5.74) is 0.679. The second kappa shape index (κ2) is 11.0. The van der Waals surface area contributed by atoms with Crippen LogP contribution in [0.5, 0.6) is 0 Å². The third-order valence-corrected chi connectivity index (χ3v) is 5.08. The molecule has 2 N–H and O–H groups in total. The predicted molar refractivity (Wildman–Crippen MR) is 97.7 cm³/mol. The minimum atomic E-state index is -0.860. The Bertz CT molecular complexity index is 484. The van der Waals surface area contributed by atoms with Crippen molar-refractivity contribution >= 4 is 17.9 Å². The molecule has 2 aliphatic rings. The van der Waals surface area contributed by atoms with Gasteiger partial charge >= 0.3 is 17.9 Å². The largest absolute Gasteiger partial charge is 0.481 e. The molecular formula is C20H32O6. The van der Waals surface area contributed by atoms with E-state index in [-0.39, 0.29) is 12.1 Å². The Hall–Kier alpha value is -1.85. The van der Waals surface area contributed by atoms with Gasteiger partial charge in [0, 0.05) is 5.57 Å². The zero-order valence-electron chi connectivity index (χ0n) is 15.9. The Morgan fingerprint density at radius 3 is 1.73 bits per heavy atom. The highest BCUT2D eigenvalue weighted by atomic mass is 16.5. The third kappa shape index (κ3) is 7.58. The lowest BCUT2D eigenvalue weighted by atomic mass is 9.81. The fourth-order valence-corrected chi connectivity index (χ4v) is 3.55. The summed E-state index contributed by atoms with van der Waals surface area (Å²) in [7, 11) is 0. The number of carbonyl (C=O) groups is 3. The number of esters is 1. The molecule has 2 saturated carbocycles. The molecule has 0 aromatic rings. The molecule has 0 heterocycles. The zero-order valence-corrected chi connectivity index (χ0v) is 15.9. The van der Waals surface area contributed by atoms with Gasteiger partial charge in [0.25, 0.3) is 0 Å². The summed E-state index contributed by atoms with van der Waals surface area (Å²) in [6.07, 6.45) is 8.16. The number of ether oxygens (including phenoxy) is 1. The monoisotopic (exact) mass is 368 g/mol. The molecule has 2 fully saturated rings. The van der Waals surface area contributed by atoms with Crippen LogP contribution in [0.15, 0.2) is 12.2 Å². The minimum Gasteiger partial charge on any atom is -0.481 e. The number of rotatable bonds is 5. The lowest BCUT2D eigenvalue weighted by Gasteiger charge is -2.23. The Morgan fingerprint density at radius 2 is 1.31 bits per heavy atom. The fraction of sp³-hybridized carbons (Fsp3) is 0.750. The van der Waals surface area contributed by atoms with Gasteiger partial charge < -0.3 is 14.9 Å². The normalized spacial score (nSPS) is 23.5. The Morgan fingerprint density at radius 1 is 0.846 bits per heavy atom. The SMILES string of the molecule is C=C(C(=O)OC(C)C)C1CCCCC1.O=C(O)C1CCCC(C(=O)O)C1. The van der Waals surface area contributed by atoms with Crippen molar-refractivity contribution < 1.29 is 29.3 Å². The smallest absolute Gasteiger partial charge is 0.333 e. The number of carboxylic acid groups (broad SMARTS) is 2. The standard InChI is InChI=1S/C12H20O2.C8H12O4/c1-9(2)14-12(13)10(3)11-7-5-4-6-8-11;9-7(10)5-2-1-3-6(4-5)8(11)12/h9,11H,3-8H2,1-2H3;5-6H,1-4H2,(H,9,10)(H,11,12). The molecule has 2 aliphatic carbocycles. The van der Waals surface area contributed by atoms with Gasteiger partial charge in [0.2, 0.25) is 0 Å². The average Bonchev–Trinajstić information content (AvgIpc) is 2.61. The van der Waals surface area contributed by atoms with Crippen LogP contribution < -0.4 is 0 Å². The van der Waals surface area contributed by atoms with Crippen LogP contribution >= 0.6 is 0 Å². The van der Waals surface area contributed by atoms with Crippen molar-refractivity contribution in [3.8, 4) is 0 Å². The molecule has 2 atom stereocenters. The van der Waals surface area contributed by atoms with Crippen molar-refractivity contribution in [3.05, 3.63) is 12.2 Å². The van der Waals surface area contributed by atoms with Crippen molar-refractivity contribution in [2.75, 3.05) is 0 Å². The van der Waals surface area contributed by atoms with Crippen LogP contribution in [0.25, 0.3) is 0 Å². The first-order valence-electron chi connectivity index (χ1n) is 9.57. The van der Waals surface area contributed by atoms with Crippen molar-refractivity contribution in [2.24, 2.45) is 17.8 Å². The first kappa shape index (κ1) is 22.2. The maximum atomic E-state index is 11.5. The number of carboxylic acids is 2. The van der Waals surface area contributed by atoms with Crippen LogP contribution in [0.3, 0.4) is 0 Å². The van der Waals surface area contributed by atoms with Gasteiger partial charge in [-0.1, -0.05) is 32.3 Å². The van der Waals surface area contributed by atoms with Crippen LogP contribution in [0.4, 0.5) is 0 Å². The zero-order chi connectivity index (χ0) is 19.7. The van der Waals surface area contributed by atoms with E-state index in [2.05, 4.69) is 6.58 Å². The molecule has 6 heteroatoms.